The molecule has 1 heterocycles. The van der Waals surface area contributed by atoms with Gasteiger partial charge >= 0.3 is 0 Å². The molecule has 0 amide bonds. The van der Waals surface area contributed by atoms with Crippen molar-refractivity contribution in [2.24, 2.45) is 4.99 Å². The van der Waals surface area contributed by atoms with E-state index in [9.17, 15) is 0 Å². The lowest BCUT2D eigenvalue weighted by Gasteiger charge is -1.99. The van der Waals surface area contributed by atoms with Gasteiger partial charge in [-0.3, -0.25) is 4.99 Å². The lowest BCUT2D eigenvalue weighted by atomic mass is 10.5. The summed E-state index contributed by atoms with van der Waals surface area (Å²) in [6.45, 7) is 1.01. The number of hydrogen-bond donors (Lipinski definition) is 0. The lowest BCUT2D eigenvalue weighted by Crippen LogP contribution is -1.89. The number of aliphatic imine (C=N–C) groups is 1. The summed E-state index contributed by atoms with van der Waals surface area (Å²) in [7, 11) is 3.89. The molecule has 0 N–H and O–H groups in total. The highest BCUT2D eigenvalue weighted by molar-refractivity contribution is 8.76. The average Bonchev–Trinajstić information content (AvgIpc) is 1.62. The largest absolute Gasteiger partial charge is 0.297 e. The van der Waals surface area contributed by atoms with Crippen molar-refractivity contribution < 1.29 is 0 Å². The third kappa shape index (κ3) is 2.62. The van der Waals surface area contributed by atoms with Gasteiger partial charge in [0.1, 0.15) is 0 Å². The van der Waals surface area contributed by atoms with E-state index in [1.807, 2.05) is 27.8 Å². The second kappa shape index (κ2) is 4.27. The zero-order chi connectivity index (χ0) is 5.66. The van der Waals surface area contributed by atoms with E-state index < -0.39 is 0 Å². The molecule has 1 nitrogen and oxygen atoms in total. The van der Waals surface area contributed by atoms with Crippen LogP contribution in [0.15, 0.2) is 4.99 Å². The van der Waals surface area contributed by atoms with E-state index in [-0.39, 0.29) is 0 Å². The normalized spacial score (nSPS) is 22.0. The van der Waals surface area contributed by atoms with Crippen LogP contribution in [0.25, 0.3) is 0 Å². The minimum Gasteiger partial charge on any atom is -0.297 e. The van der Waals surface area contributed by atoms with Gasteiger partial charge in [0.05, 0.1) is 0 Å². The molecular formula is C5H9NS2. The van der Waals surface area contributed by atoms with Gasteiger partial charge in [0, 0.05) is 18.1 Å². The maximum absolute atomic E-state index is 4.17. The Labute approximate surface area is 57.7 Å². The predicted molar refractivity (Wildman–Crippen MR) is 42.9 cm³/mol. The van der Waals surface area contributed by atoms with Gasteiger partial charge in [-0.2, -0.15) is 0 Å². The van der Waals surface area contributed by atoms with Gasteiger partial charge in [-0.1, -0.05) is 21.6 Å². The van der Waals surface area contributed by atoms with Crippen LogP contribution < -0.4 is 0 Å². The molecule has 46 valence electrons. The standard InChI is InChI=1S/C5H9NS2/c1-2-6-3-5-8-7-4-1/h2H,1,3-5H2. The van der Waals surface area contributed by atoms with Gasteiger partial charge in [0.25, 0.3) is 0 Å². The minimum atomic E-state index is 1.01. The molecule has 0 atom stereocenters. The van der Waals surface area contributed by atoms with E-state index in [0.717, 1.165) is 13.0 Å². The van der Waals surface area contributed by atoms with Crippen molar-refractivity contribution in [2.75, 3.05) is 18.1 Å². The van der Waals surface area contributed by atoms with Crippen LogP contribution in [0.2, 0.25) is 0 Å². The zero-order valence-corrected chi connectivity index (χ0v) is 6.30. The highest BCUT2D eigenvalue weighted by Crippen LogP contribution is 2.21. The molecule has 0 saturated carbocycles. The number of hydrogen-bond acceptors (Lipinski definition) is 3. The Kier molecular flexibility index (Phi) is 3.46. The van der Waals surface area contributed by atoms with E-state index >= 15 is 0 Å². The first-order valence-electron chi connectivity index (χ1n) is 2.73. The van der Waals surface area contributed by atoms with Crippen LogP contribution in [0, 0.1) is 0 Å². The average molecular weight is 147 g/mol. The summed E-state index contributed by atoms with van der Waals surface area (Å²) in [6, 6.07) is 0. The Hall–Kier alpha value is 0.370. The smallest absolute Gasteiger partial charge is 0.0484 e. The molecule has 8 heavy (non-hydrogen) atoms. The molecule has 0 aromatic rings. The molecule has 1 rings (SSSR count). The maximum Gasteiger partial charge on any atom is 0.0484 e. The molecule has 0 saturated heterocycles. The molecule has 0 aliphatic carbocycles. The molecule has 0 aromatic carbocycles. The fourth-order valence-corrected chi connectivity index (χ4v) is 2.33. The molecule has 1 aliphatic rings. The van der Waals surface area contributed by atoms with Crippen LogP contribution >= 0.6 is 21.6 Å². The molecule has 0 fully saturated rings. The Bertz CT molecular complexity index is 72.5. The zero-order valence-electron chi connectivity index (χ0n) is 4.67. The third-order valence-corrected chi connectivity index (χ3v) is 3.26. The van der Waals surface area contributed by atoms with Crippen LogP contribution in [0.1, 0.15) is 6.42 Å². The summed E-state index contributed by atoms with van der Waals surface area (Å²) in [6.07, 6.45) is 3.18. The molecule has 0 bridgehead atoms. The van der Waals surface area contributed by atoms with Crippen LogP contribution in [-0.2, 0) is 0 Å². The highest BCUT2D eigenvalue weighted by Gasteiger charge is 1.91. The predicted octanol–water partition coefficient (Wildman–Crippen LogP) is 1.84. The fraction of sp³-hybridized carbons (Fsp3) is 0.800. The quantitative estimate of drug-likeness (QED) is 0.485. The second-order valence-corrected chi connectivity index (χ2v) is 4.22. The van der Waals surface area contributed by atoms with E-state index in [1.165, 1.54) is 11.5 Å². The van der Waals surface area contributed by atoms with Gasteiger partial charge in [-0.25, -0.2) is 0 Å². The SMILES string of the molecule is C1=NCCSSCC1. The Balaban J connectivity index is 2.17. The summed E-state index contributed by atoms with van der Waals surface area (Å²) in [5, 5.41) is 0. The Morgan fingerprint density at radius 1 is 1.25 bits per heavy atom. The van der Waals surface area contributed by atoms with Crippen LogP contribution in [0.3, 0.4) is 0 Å². The summed E-state index contributed by atoms with van der Waals surface area (Å²) < 4.78 is 0. The van der Waals surface area contributed by atoms with Crippen molar-refractivity contribution in [1.82, 2.24) is 0 Å². The Morgan fingerprint density at radius 3 is 3.12 bits per heavy atom. The van der Waals surface area contributed by atoms with Crippen molar-refractivity contribution in [3.8, 4) is 0 Å². The summed E-state index contributed by atoms with van der Waals surface area (Å²) in [5.74, 6) is 2.41. The topological polar surface area (TPSA) is 12.4 Å². The van der Waals surface area contributed by atoms with Gasteiger partial charge < -0.3 is 0 Å². The minimum absolute atomic E-state index is 1.01. The van der Waals surface area contributed by atoms with E-state index in [4.69, 9.17) is 0 Å². The van der Waals surface area contributed by atoms with Crippen molar-refractivity contribution in [1.29, 1.82) is 0 Å². The molecule has 3 heteroatoms. The maximum atomic E-state index is 4.17. The first-order chi connectivity index (χ1) is 4.00. The van der Waals surface area contributed by atoms with Crippen LogP contribution in [0.5, 0.6) is 0 Å². The van der Waals surface area contributed by atoms with E-state index in [1.54, 1.807) is 0 Å². The second-order valence-electron chi connectivity index (χ2n) is 1.52. The summed E-state index contributed by atoms with van der Waals surface area (Å²) in [4.78, 5) is 4.17. The van der Waals surface area contributed by atoms with Crippen molar-refractivity contribution >= 4 is 27.8 Å². The number of nitrogens with zero attached hydrogens (tertiary/aromatic N) is 1. The first kappa shape index (κ1) is 6.49. The van der Waals surface area contributed by atoms with Gasteiger partial charge in [-0.05, 0) is 12.6 Å². The highest BCUT2D eigenvalue weighted by atomic mass is 33.1. The van der Waals surface area contributed by atoms with E-state index in [0.29, 0.717) is 0 Å². The monoisotopic (exact) mass is 147 g/mol. The summed E-state index contributed by atoms with van der Waals surface area (Å²) in [5.41, 5.74) is 0. The van der Waals surface area contributed by atoms with E-state index in [2.05, 4.69) is 4.99 Å². The molecule has 0 unspecified atom stereocenters. The van der Waals surface area contributed by atoms with Crippen molar-refractivity contribution in [2.45, 2.75) is 6.42 Å². The van der Waals surface area contributed by atoms with Gasteiger partial charge in [-0.15, -0.1) is 0 Å². The molecular weight excluding hydrogens is 138 g/mol. The van der Waals surface area contributed by atoms with Crippen molar-refractivity contribution in [3.63, 3.8) is 0 Å². The van der Waals surface area contributed by atoms with Crippen LogP contribution in [0.4, 0.5) is 0 Å². The molecule has 0 aromatic heterocycles. The molecule has 0 radical (unpaired) electrons. The molecule has 0 spiro atoms. The first-order valence-corrected chi connectivity index (χ1v) is 5.21. The van der Waals surface area contributed by atoms with Crippen LogP contribution in [-0.4, -0.2) is 24.3 Å². The van der Waals surface area contributed by atoms with Gasteiger partial charge in [0.15, 0.2) is 0 Å². The third-order valence-electron chi connectivity index (χ3n) is 0.846. The summed E-state index contributed by atoms with van der Waals surface area (Å²) >= 11 is 0. The molecule has 1 aliphatic heterocycles. The number of rotatable bonds is 0. The fourth-order valence-electron chi connectivity index (χ4n) is 0.491. The van der Waals surface area contributed by atoms with Gasteiger partial charge in [0.2, 0.25) is 0 Å². The van der Waals surface area contributed by atoms with Crippen molar-refractivity contribution in [3.05, 3.63) is 0 Å². The lowest BCUT2D eigenvalue weighted by molar-refractivity contribution is 1.14. The Morgan fingerprint density at radius 2 is 2.12 bits per heavy atom.